The van der Waals surface area contributed by atoms with E-state index in [1.165, 1.54) is 12.1 Å². The highest BCUT2D eigenvalue weighted by molar-refractivity contribution is 6.07. The van der Waals surface area contributed by atoms with Crippen molar-refractivity contribution in [3.8, 4) is 22.6 Å². The molecule has 0 bridgehead atoms. The van der Waals surface area contributed by atoms with E-state index in [1.807, 2.05) is 21.9 Å². The Labute approximate surface area is 215 Å². The summed E-state index contributed by atoms with van der Waals surface area (Å²) in [4.78, 5) is 23.9. The molecule has 0 atom stereocenters. The zero-order valence-electron chi connectivity index (χ0n) is 21.2. The number of carbonyl (C=O) groups excluding carboxylic acids is 1. The van der Waals surface area contributed by atoms with Gasteiger partial charge in [-0.3, -0.25) is 0 Å². The SMILES string of the molecule is COc1cc2nc(N3CCCN(C(=O)N4CCOCC4)CC3)cc(N)c2c(-c2ccc(F)cc2)c1OC. The van der Waals surface area contributed by atoms with Crippen LogP contribution in [0.2, 0.25) is 0 Å². The highest BCUT2D eigenvalue weighted by Crippen LogP contribution is 2.46. The number of methoxy groups -OCH3 is 2. The minimum atomic E-state index is -0.328. The number of carbonyl (C=O) groups is 1. The number of halogens is 1. The van der Waals surface area contributed by atoms with Crippen molar-refractivity contribution in [1.82, 2.24) is 14.8 Å². The van der Waals surface area contributed by atoms with Crippen molar-refractivity contribution in [3.63, 3.8) is 0 Å². The molecule has 37 heavy (non-hydrogen) atoms. The fourth-order valence-electron chi connectivity index (χ4n) is 5.07. The average molecular weight is 510 g/mol. The van der Waals surface area contributed by atoms with Gasteiger partial charge >= 0.3 is 6.03 Å². The van der Waals surface area contributed by atoms with E-state index in [4.69, 9.17) is 24.9 Å². The number of nitrogens with zero attached hydrogens (tertiary/aromatic N) is 4. The number of urea groups is 1. The Kier molecular flexibility index (Phi) is 7.18. The molecule has 10 heteroatoms. The monoisotopic (exact) mass is 509 g/mol. The molecule has 5 rings (SSSR count). The summed E-state index contributed by atoms with van der Waals surface area (Å²) in [6.45, 7) is 5.11. The van der Waals surface area contributed by atoms with Gasteiger partial charge in [-0.25, -0.2) is 14.2 Å². The standard InChI is InChI=1S/C27H32FN5O4/c1-35-22-17-21-25(24(26(22)36-2)18-4-6-19(28)7-5-18)20(29)16-23(30-21)31-8-3-9-32(11-10-31)27(34)33-12-14-37-15-13-33/h4-7,16-17H,3,8-15H2,1-2H3,(H2,29,30). The predicted molar refractivity (Wildman–Crippen MR) is 141 cm³/mol. The van der Waals surface area contributed by atoms with Gasteiger partial charge in [0.15, 0.2) is 11.5 Å². The third-order valence-corrected chi connectivity index (χ3v) is 6.96. The summed E-state index contributed by atoms with van der Waals surface area (Å²) in [6.07, 6.45) is 0.822. The van der Waals surface area contributed by atoms with E-state index < -0.39 is 0 Å². The molecule has 0 unspecified atom stereocenters. The molecule has 196 valence electrons. The molecule has 3 heterocycles. The van der Waals surface area contributed by atoms with E-state index >= 15 is 0 Å². The van der Waals surface area contributed by atoms with Crippen molar-refractivity contribution in [2.75, 3.05) is 77.3 Å². The van der Waals surface area contributed by atoms with Crippen LogP contribution in [0.25, 0.3) is 22.0 Å². The topological polar surface area (TPSA) is 93.4 Å². The smallest absolute Gasteiger partial charge is 0.320 e. The Morgan fingerprint density at radius 1 is 0.973 bits per heavy atom. The highest BCUT2D eigenvalue weighted by atomic mass is 19.1. The molecule has 2 N–H and O–H groups in total. The predicted octanol–water partition coefficient (Wildman–Crippen LogP) is 3.60. The summed E-state index contributed by atoms with van der Waals surface area (Å²) < 4.78 is 30.4. The van der Waals surface area contributed by atoms with Crippen molar-refractivity contribution in [1.29, 1.82) is 0 Å². The van der Waals surface area contributed by atoms with Crippen LogP contribution in [0.1, 0.15) is 6.42 Å². The molecule has 2 fully saturated rings. The minimum absolute atomic E-state index is 0.0666. The average Bonchev–Trinajstić information content (AvgIpc) is 3.19. The number of fused-ring (bicyclic) bond motifs is 1. The van der Waals surface area contributed by atoms with Crippen molar-refractivity contribution >= 4 is 28.4 Å². The molecular weight excluding hydrogens is 477 g/mol. The highest BCUT2D eigenvalue weighted by Gasteiger charge is 2.26. The number of nitrogens with two attached hydrogens (primary N) is 1. The number of aromatic nitrogens is 1. The quantitative estimate of drug-likeness (QED) is 0.574. The van der Waals surface area contributed by atoms with Gasteiger partial charge < -0.3 is 34.6 Å². The largest absolute Gasteiger partial charge is 0.493 e. The Morgan fingerprint density at radius 3 is 2.41 bits per heavy atom. The maximum atomic E-state index is 13.7. The second-order valence-corrected chi connectivity index (χ2v) is 9.17. The summed E-state index contributed by atoms with van der Waals surface area (Å²) >= 11 is 0. The molecule has 0 aliphatic carbocycles. The number of morpholine rings is 1. The number of nitrogen functional groups attached to an aromatic ring is 1. The lowest BCUT2D eigenvalue weighted by atomic mass is 9.97. The molecule has 0 radical (unpaired) electrons. The molecule has 2 amide bonds. The lowest BCUT2D eigenvalue weighted by molar-refractivity contribution is 0.0438. The lowest BCUT2D eigenvalue weighted by Gasteiger charge is -2.32. The van der Waals surface area contributed by atoms with Crippen molar-refractivity contribution in [3.05, 3.63) is 42.2 Å². The van der Waals surface area contributed by atoms with E-state index in [9.17, 15) is 9.18 Å². The molecule has 1 aromatic heterocycles. The van der Waals surface area contributed by atoms with Crippen LogP contribution in [0.5, 0.6) is 11.5 Å². The molecule has 2 aliphatic heterocycles. The number of ether oxygens (including phenoxy) is 3. The van der Waals surface area contributed by atoms with Gasteiger partial charge in [0.2, 0.25) is 0 Å². The van der Waals surface area contributed by atoms with E-state index in [0.29, 0.717) is 79.6 Å². The van der Waals surface area contributed by atoms with Gasteiger partial charge in [-0.2, -0.15) is 0 Å². The molecular formula is C27H32FN5O4. The van der Waals surface area contributed by atoms with Crippen LogP contribution >= 0.6 is 0 Å². The van der Waals surface area contributed by atoms with Crippen LogP contribution in [-0.4, -0.2) is 87.5 Å². The van der Waals surface area contributed by atoms with E-state index in [1.54, 1.807) is 26.4 Å². The summed E-state index contributed by atoms with van der Waals surface area (Å²) in [5.41, 5.74) is 9.27. The molecule has 0 saturated carbocycles. The number of rotatable bonds is 4. The van der Waals surface area contributed by atoms with Crippen LogP contribution in [0.15, 0.2) is 36.4 Å². The first-order valence-electron chi connectivity index (χ1n) is 12.5. The second kappa shape index (κ2) is 10.7. The lowest BCUT2D eigenvalue weighted by Crippen LogP contribution is -2.49. The molecule has 9 nitrogen and oxygen atoms in total. The molecule has 2 saturated heterocycles. The third-order valence-electron chi connectivity index (χ3n) is 6.96. The number of hydrogen-bond acceptors (Lipinski definition) is 7. The number of benzene rings is 2. The Balaban J connectivity index is 1.48. The van der Waals surface area contributed by atoms with Gasteiger partial charge in [-0.15, -0.1) is 0 Å². The van der Waals surface area contributed by atoms with Gasteiger partial charge in [0.25, 0.3) is 0 Å². The van der Waals surface area contributed by atoms with Crippen LogP contribution in [0, 0.1) is 5.82 Å². The van der Waals surface area contributed by atoms with Crippen molar-refractivity contribution in [2.45, 2.75) is 6.42 Å². The van der Waals surface area contributed by atoms with Crippen LogP contribution < -0.4 is 20.1 Å². The zero-order chi connectivity index (χ0) is 25.9. The molecule has 0 spiro atoms. The molecule has 3 aromatic rings. The van der Waals surface area contributed by atoms with Crippen LogP contribution in [-0.2, 0) is 4.74 Å². The maximum absolute atomic E-state index is 13.7. The first-order valence-corrected chi connectivity index (χ1v) is 12.5. The first-order chi connectivity index (χ1) is 18.0. The van der Waals surface area contributed by atoms with Gasteiger partial charge in [-0.05, 0) is 24.1 Å². The van der Waals surface area contributed by atoms with Crippen molar-refractivity contribution < 1.29 is 23.4 Å². The fourth-order valence-corrected chi connectivity index (χ4v) is 5.07. The molecule has 2 aromatic carbocycles. The molecule has 2 aliphatic rings. The fraction of sp³-hybridized carbons (Fsp3) is 0.407. The number of pyridine rings is 1. The number of anilines is 2. The van der Waals surface area contributed by atoms with Gasteiger partial charge in [0, 0.05) is 68.0 Å². The zero-order valence-corrected chi connectivity index (χ0v) is 21.2. The van der Waals surface area contributed by atoms with Gasteiger partial charge in [0.05, 0.1) is 33.0 Å². The number of hydrogen-bond donors (Lipinski definition) is 1. The Morgan fingerprint density at radius 2 is 1.70 bits per heavy atom. The first kappa shape index (κ1) is 24.9. The Hall–Kier alpha value is -3.79. The summed E-state index contributed by atoms with van der Waals surface area (Å²) in [5, 5.41) is 0.715. The van der Waals surface area contributed by atoms with Gasteiger partial charge in [0.1, 0.15) is 11.6 Å². The summed E-state index contributed by atoms with van der Waals surface area (Å²) in [7, 11) is 3.14. The maximum Gasteiger partial charge on any atom is 0.320 e. The third kappa shape index (κ3) is 4.93. The Bertz CT molecular complexity index is 1280. The van der Waals surface area contributed by atoms with Gasteiger partial charge in [-0.1, -0.05) is 12.1 Å². The van der Waals surface area contributed by atoms with Crippen molar-refractivity contribution in [2.24, 2.45) is 0 Å². The number of amides is 2. The summed E-state index contributed by atoms with van der Waals surface area (Å²) in [5.74, 6) is 1.43. The van der Waals surface area contributed by atoms with E-state index in [0.717, 1.165) is 24.3 Å². The van der Waals surface area contributed by atoms with E-state index in [2.05, 4.69) is 4.90 Å². The summed E-state index contributed by atoms with van der Waals surface area (Å²) in [6, 6.07) is 9.92. The second-order valence-electron chi connectivity index (χ2n) is 9.17. The van der Waals surface area contributed by atoms with Crippen LogP contribution in [0.3, 0.4) is 0 Å². The van der Waals surface area contributed by atoms with E-state index in [-0.39, 0.29) is 11.8 Å². The normalized spacial score (nSPS) is 16.6. The van der Waals surface area contributed by atoms with Crippen LogP contribution in [0.4, 0.5) is 20.7 Å². The minimum Gasteiger partial charge on any atom is -0.493 e.